The van der Waals surface area contributed by atoms with Crippen molar-refractivity contribution >= 4 is 17.3 Å². The second-order valence-corrected chi connectivity index (χ2v) is 5.67. The summed E-state index contributed by atoms with van der Waals surface area (Å²) >= 11 is 0. The van der Waals surface area contributed by atoms with Gasteiger partial charge in [-0.25, -0.2) is 0 Å². The van der Waals surface area contributed by atoms with E-state index in [1.807, 2.05) is 13.8 Å². The average Bonchev–Trinajstić information content (AvgIpc) is 2.53. The number of hydrogen-bond donors (Lipinski definition) is 2. The van der Waals surface area contributed by atoms with Crippen LogP contribution in [0.3, 0.4) is 0 Å². The SMILES string of the molecule is CC(C)Oc1ccc(NCC(=O)Nc2cccc(C(F)(F)F)c2)cc1. The number of ether oxygens (including phenoxy) is 1. The normalized spacial score (nSPS) is 11.3. The molecule has 0 aliphatic carbocycles. The predicted octanol–water partition coefficient (Wildman–Crippen LogP) is 4.54. The van der Waals surface area contributed by atoms with Crippen LogP contribution < -0.4 is 15.4 Å². The topological polar surface area (TPSA) is 50.4 Å². The van der Waals surface area contributed by atoms with Gasteiger partial charge in [0.1, 0.15) is 5.75 Å². The lowest BCUT2D eigenvalue weighted by Crippen LogP contribution is -2.22. The first-order valence-corrected chi connectivity index (χ1v) is 7.72. The molecule has 0 atom stereocenters. The first kappa shape index (κ1) is 18.6. The molecule has 1 amide bonds. The highest BCUT2D eigenvalue weighted by Crippen LogP contribution is 2.30. The molecule has 0 unspecified atom stereocenters. The molecule has 134 valence electrons. The summed E-state index contributed by atoms with van der Waals surface area (Å²) in [5, 5.41) is 5.34. The van der Waals surface area contributed by atoms with E-state index in [0.29, 0.717) is 11.4 Å². The number of halogens is 3. The molecule has 2 N–H and O–H groups in total. The van der Waals surface area contributed by atoms with Crippen LogP contribution in [0.2, 0.25) is 0 Å². The molecule has 0 saturated heterocycles. The molecule has 2 aromatic carbocycles. The van der Waals surface area contributed by atoms with Gasteiger partial charge >= 0.3 is 6.18 Å². The molecule has 7 heteroatoms. The van der Waals surface area contributed by atoms with E-state index in [1.165, 1.54) is 12.1 Å². The molecule has 25 heavy (non-hydrogen) atoms. The molecule has 0 aliphatic rings. The molecule has 0 aliphatic heterocycles. The van der Waals surface area contributed by atoms with Gasteiger partial charge in [-0.3, -0.25) is 4.79 Å². The Hall–Kier alpha value is -2.70. The fourth-order valence-electron chi connectivity index (χ4n) is 2.08. The summed E-state index contributed by atoms with van der Waals surface area (Å²) in [6, 6.07) is 11.6. The van der Waals surface area contributed by atoms with Crippen molar-refractivity contribution in [3.05, 3.63) is 54.1 Å². The minimum absolute atomic E-state index is 0.0667. The summed E-state index contributed by atoms with van der Waals surface area (Å²) in [5.74, 6) is 0.274. The Kier molecular flexibility index (Phi) is 5.90. The van der Waals surface area contributed by atoms with Gasteiger partial charge in [-0.1, -0.05) is 6.07 Å². The summed E-state index contributed by atoms with van der Waals surface area (Å²) < 4.78 is 43.5. The van der Waals surface area contributed by atoms with E-state index in [2.05, 4.69) is 10.6 Å². The largest absolute Gasteiger partial charge is 0.491 e. The van der Waals surface area contributed by atoms with Crippen LogP contribution in [0.5, 0.6) is 5.75 Å². The number of alkyl halides is 3. The van der Waals surface area contributed by atoms with Gasteiger partial charge in [-0.05, 0) is 56.3 Å². The van der Waals surface area contributed by atoms with Crippen LogP contribution in [0.4, 0.5) is 24.5 Å². The highest BCUT2D eigenvalue weighted by Gasteiger charge is 2.30. The zero-order chi connectivity index (χ0) is 18.4. The zero-order valence-corrected chi connectivity index (χ0v) is 13.9. The van der Waals surface area contributed by atoms with E-state index in [-0.39, 0.29) is 18.3 Å². The number of hydrogen-bond acceptors (Lipinski definition) is 3. The molecule has 0 bridgehead atoms. The molecule has 2 rings (SSSR count). The van der Waals surface area contributed by atoms with Crippen LogP contribution in [-0.4, -0.2) is 18.6 Å². The summed E-state index contributed by atoms with van der Waals surface area (Å²) in [7, 11) is 0. The number of amides is 1. The van der Waals surface area contributed by atoms with Crippen LogP contribution in [-0.2, 0) is 11.0 Å². The molecule has 0 radical (unpaired) electrons. The van der Waals surface area contributed by atoms with Crippen molar-refractivity contribution < 1.29 is 22.7 Å². The molecule has 2 aromatic rings. The smallest absolute Gasteiger partial charge is 0.416 e. The zero-order valence-electron chi connectivity index (χ0n) is 13.9. The maximum Gasteiger partial charge on any atom is 0.416 e. The first-order chi connectivity index (χ1) is 11.7. The number of nitrogens with one attached hydrogen (secondary N) is 2. The van der Waals surface area contributed by atoms with Crippen LogP contribution in [0.15, 0.2) is 48.5 Å². The summed E-state index contributed by atoms with van der Waals surface area (Å²) in [5.41, 5.74) is -0.00314. The van der Waals surface area contributed by atoms with Crippen LogP contribution in [0, 0.1) is 0 Å². The van der Waals surface area contributed by atoms with Crippen molar-refractivity contribution in [3.63, 3.8) is 0 Å². The van der Waals surface area contributed by atoms with Crippen LogP contribution in [0.25, 0.3) is 0 Å². The molecular formula is C18H19F3N2O2. The van der Waals surface area contributed by atoms with Crippen molar-refractivity contribution in [1.82, 2.24) is 0 Å². The minimum Gasteiger partial charge on any atom is -0.491 e. The number of carbonyl (C=O) groups excluding carboxylic acids is 1. The fourth-order valence-corrected chi connectivity index (χ4v) is 2.08. The van der Waals surface area contributed by atoms with Gasteiger partial charge in [0.2, 0.25) is 5.91 Å². The Bertz CT molecular complexity index is 713. The second kappa shape index (κ2) is 7.92. The van der Waals surface area contributed by atoms with E-state index < -0.39 is 17.6 Å². The van der Waals surface area contributed by atoms with Crippen molar-refractivity contribution in [2.75, 3.05) is 17.2 Å². The molecular weight excluding hydrogens is 333 g/mol. The standard InChI is InChI=1S/C18H19F3N2O2/c1-12(2)25-16-8-6-14(7-9-16)22-11-17(24)23-15-5-3-4-13(10-15)18(19,20)21/h3-10,12,22H,11H2,1-2H3,(H,23,24). The van der Waals surface area contributed by atoms with Gasteiger partial charge < -0.3 is 15.4 Å². The van der Waals surface area contributed by atoms with Gasteiger partial charge in [0.15, 0.2) is 0 Å². The third-order valence-electron chi connectivity index (χ3n) is 3.15. The van der Waals surface area contributed by atoms with Gasteiger partial charge in [0, 0.05) is 11.4 Å². The van der Waals surface area contributed by atoms with Crippen molar-refractivity contribution in [2.24, 2.45) is 0 Å². The lowest BCUT2D eigenvalue weighted by atomic mass is 10.2. The monoisotopic (exact) mass is 352 g/mol. The minimum atomic E-state index is -4.45. The summed E-state index contributed by atoms with van der Waals surface area (Å²) in [6.45, 7) is 3.77. The van der Waals surface area contributed by atoms with Crippen LogP contribution >= 0.6 is 0 Å². The molecule has 0 heterocycles. The van der Waals surface area contributed by atoms with Gasteiger partial charge in [-0.2, -0.15) is 13.2 Å². The van der Waals surface area contributed by atoms with Crippen molar-refractivity contribution in [2.45, 2.75) is 26.1 Å². The Labute approximate surface area is 144 Å². The highest BCUT2D eigenvalue weighted by molar-refractivity contribution is 5.93. The van der Waals surface area contributed by atoms with E-state index >= 15 is 0 Å². The summed E-state index contributed by atoms with van der Waals surface area (Å²) in [4.78, 5) is 11.9. The van der Waals surface area contributed by atoms with Gasteiger partial charge in [0.05, 0.1) is 18.2 Å². The number of benzene rings is 2. The lowest BCUT2D eigenvalue weighted by molar-refractivity contribution is -0.137. The van der Waals surface area contributed by atoms with Crippen molar-refractivity contribution in [1.29, 1.82) is 0 Å². The maximum atomic E-state index is 12.7. The predicted molar refractivity (Wildman–Crippen MR) is 90.8 cm³/mol. The maximum absolute atomic E-state index is 12.7. The second-order valence-electron chi connectivity index (χ2n) is 5.67. The Morgan fingerprint density at radius 1 is 1.08 bits per heavy atom. The summed E-state index contributed by atoms with van der Waals surface area (Å²) in [6.07, 6.45) is -4.38. The van der Waals surface area contributed by atoms with Gasteiger partial charge in [0.25, 0.3) is 0 Å². The van der Waals surface area contributed by atoms with E-state index in [9.17, 15) is 18.0 Å². The number of carbonyl (C=O) groups is 1. The van der Waals surface area contributed by atoms with Crippen molar-refractivity contribution in [3.8, 4) is 5.75 Å². The third kappa shape index (κ3) is 6.02. The van der Waals surface area contributed by atoms with E-state index in [4.69, 9.17) is 4.74 Å². The fraction of sp³-hybridized carbons (Fsp3) is 0.278. The molecule has 0 spiro atoms. The number of rotatable bonds is 6. The molecule has 4 nitrogen and oxygen atoms in total. The Morgan fingerprint density at radius 3 is 2.36 bits per heavy atom. The first-order valence-electron chi connectivity index (χ1n) is 7.72. The van der Waals surface area contributed by atoms with Crippen LogP contribution in [0.1, 0.15) is 19.4 Å². The quantitative estimate of drug-likeness (QED) is 0.802. The lowest BCUT2D eigenvalue weighted by Gasteiger charge is -2.12. The molecule has 0 aromatic heterocycles. The molecule has 0 saturated carbocycles. The highest BCUT2D eigenvalue weighted by atomic mass is 19.4. The van der Waals surface area contributed by atoms with Gasteiger partial charge in [-0.15, -0.1) is 0 Å². The third-order valence-corrected chi connectivity index (χ3v) is 3.15. The average molecular weight is 352 g/mol. The van der Waals surface area contributed by atoms with E-state index in [0.717, 1.165) is 12.1 Å². The number of anilines is 2. The Morgan fingerprint density at radius 2 is 1.76 bits per heavy atom. The Balaban J connectivity index is 1.88. The molecule has 0 fully saturated rings. The van der Waals surface area contributed by atoms with E-state index in [1.54, 1.807) is 24.3 Å².